The third kappa shape index (κ3) is 4.60. The average molecular weight is 493 g/mol. The van der Waals surface area contributed by atoms with E-state index < -0.39 is 15.6 Å². The minimum absolute atomic E-state index is 0.0750. The fourth-order valence-corrected chi connectivity index (χ4v) is 5.51. The minimum Gasteiger partial charge on any atom is -0.368 e. The predicted octanol–water partition coefficient (Wildman–Crippen LogP) is 3.69. The summed E-state index contributed by atoms with van der Waals surface area (Å²) in [6.45, 7) is 3.89. The lowest BCUT2D eigenvalue weighted by molar-refractivity contribution is 0.0930. The van der Waals surface area contributed by atoms with E-state index in [1.807, 2.05) is 49.4 Å². The highest BCUT2D eigenvalue weighted by molar-refractivity contribution is 7.92. The molecule has 3 aromatic carbocycles. The molecule has 2 N–H and O–H groups in total. The highest BCUT2D eigenvalue weighted by atomic mass is 32.2. The zero-order valence-corrected chi connectivity index (χ0v) is 21.4. The zero-order chi connectivity index (χ0) is 25.0. The van der Waals surface area contributed by atoms with Gasteiger partial charge in [-0.05, 0) is 68.6 Å². The standard InChI is InChI=1S/C27H32N4O3S/c1-18-11-12-19(31-16-20(17-31)30(2)3)15-23(18)26(32)28-27(13-14-27)24-9-5-8-22-21(24)7-6-10-25(22)29-35(4,33)34/h5-12,15,20,29H,13-14,16-17H2,1-4H3,(H,28,32). The minimum atomic E-state index is -3.40. The molecule has 1 aliphatic heterocycles. The molecule has 0 atom stereocenters. The van der Waals surface area contributed by atoms with Crippen molar-refractivity contribution in [2.45, 2.75) is 31.3 Å². The summed E-state index contributed by atoms with van der Waals surface area (Å²) in [5.74, 6) is -0.0750. The molecule has 2 fully saturated rings. The summed E-state index contributed by atoms with van der Waals surface area (Å²) < 4.78 is 26.3. The smallest absolute Gasteiger partial charge is 0.252 e. The summed E-state index contributed by atoms with van der Waals surface area (Å²) in [5.41, 5.74) is 3.83. The summed E-state index contributed by atoms with van der Waals surface area (Å²) in [6.07, 6.45) is 2.84. The number of aryl methyl sites for hydroxylation is 1. The first-order valence-corrected chi connectivity index (χ1v) is 13.8. The van der Waals surface area contributed by atoms with E-state index in [9.17, 15) is 13.2 Å². The lowest BCUT2D eigenvalue weighted by Gasteiger charge is -2.44. The molecule has 35 heavy (non-hydrogen) atoms. The van der Waals surface area contributed by atoms with Crippen molar-refractivity contribution in [3.8, 4) is 0 Å². The first kappa shape index (κ1) is 23.6. The van der Waals surface area contributed by atoms with E-state index in [2.05, 4.69) is 40.0 Å². The Hall–Kier alpha value is -3.10. The van der Waals surface area contributed by atoms with E-state index in [1.165, 1.54) is 0 Å². The maximum atomic E-state index is 13.5. The van der Waals surface area contributed by atoms with E-state index in [4.69, 9.17) is 0 Å². The number of carbonyl (C=O) groups is 1. The van der Waals surface area contributed by atoms with Gasteiger partial charge in [0.25, 0.3) is 5.91 Å². The summed E-state index contributed by atoms with van der Waals surface area (Å²) in [5, 5.41) is 5.09. The third-order valence-corrected chi connectivity index (χ3v) is 7.85. The normalized spacial score (nSPS) is 17.3. The second kappa shape index (κ2) is 8.53. The molecule has 5 rings (SSSR count). The summed E-state index contributed by atoms with van der Waals surface area (Å²) in [6, 6.07) is 18.1. The van der Waals surface area contributed by atoms with Crippen LogP contribution in [0, 0.1) is 6.92 Å². The van der Waals surface area contributed by atoms with Gasteiger partial charge in [-0.25, -0.2) is 8.42 Å². The van der Waals surface area contributed by atoms with Crippen LogP contribution in [0.15, 0.2) is 54.6 Å². The van der Waals surface area contributed by atoms with Crippen molar-refractivity contribution in [2.24, 2.45) is 0 Å². The quantitative estimate of drug-likeness (QED) is 0.526. The number of nitrogens with one attached hydrogen (secondary N) is 2. The molecule has 1 saturated carbocycles. The number of sulfonamides is 1. The molecule has 1 saturated heterocycles. The maximum Gasteiger partial charge on any atom is 0.252 e. The first-order chi connectivity index (χ1) is 16.6. The van der Waals surface area contributed by atoms with E-state index in [-0.39, 0.29) is 5.91 Å². The van der Waals surface area contributed by atoms with Crippen molar-refractivity contribution in [1.82, 2.24) is 10.2 Å². The lowest BCUT2D eigenvalue weighted by Crippen LogP contribution is -2.57. The molecule has 8 heteroatoms. The molecule has 1 aliphatic carbocycles. The van der Waals surface area contributed by atoms with E-state index >= 15 is 0 Å². The molecule has 1 amide bonds. The number of benzene rings is 3. The van der Waals surface area contributed by atoms with Gasteiger partial charge in [-0.1, -0.05) is 36.4 Å². The number of nitrogens with zero attached hydrogens (tertiary/aromatic N) is 2. The molecular weight excluding hydrogens is 460 g/mol. The van der Waals surface area contributed by atoms with Crippen LogP contribution in [0.2, 0.25) is 0 Å². The van der Waals surface area contributed by atoms with Crippen LogP contribution >= 0.6 is 0 Å². The van der Waals surface area contributed by atoms with Crippen molar-refractivity contribution in [1.29, 1.82) is 0 Å². The molecule has 3 aromatic rings. The molecule has 0 spiro atoms. The molecule has 7 nitrogen and oxygen atoms in total. The van der Waals surface area contributed by atoms with Crippen molar-refractivity contribution < 1.29 is 13.2 Å². The van der Waals surface area contributed by atoms with Crippen LogP contribution in [-0.2, 0) is 15.6 Å². The molecule has 1 heterocycles. The highest BCUT2D eigenvalue weighted by Crippen LogP contribution is 2.48. The fourth-order valence-electron chi connectivity index (χ4n) is 4.93. The second-order valence-corrected chi connectivity index (χ2v) is 11.9. The Morgan fingerprint density at radius 3 is 2.37 bits per heavy atom. The highest BCUT2D eigenvalue weighted by Gasteiger charge is 2.47. The van der Waals surface area contributed by atoms with Crippen molar-refractivity contribution in [2.75, 3.05) is 43.1 Å². The molecular formula is C27H32N4O3S. The number of amides is 1. The molecule has 0 radical (unpaired) electrons. The topological polar surface area (TPSA) is 81.8 Å². The predicted molar refractivity (Wildman–Crippen MR) is 142 cm³/mol. The molecule has 184 valence electrons. The first-order valence-electron chi connectivity index (χ1n) is 11.9. The van der Waals surface area contributed by atoms with Crippen molar-refractivity contribution in [3.05, 3.63) is 71.3 Å². The monoisotopic (exact) mass is 492 g/mol. The van der Waals surface area contributed by atoms with Crippen LogP contribution in [0.25, 0.3) is 10.8 Å². The molecule has 0 aromatic heterocycles. The number of fused-ring (bicyclic) bond motifs is 1. The lowest BCUT2D eigenvalue weighted by atomic mass is 9.95. The van der Waals surface area contributed by atoms with Gasteiger partial charge < -0.3 is 15.1 Å². The third-order valence-electron chi connectivity index (χ3n) is 7.26. The Bertz CT molecular complexity index is 1410. The number of hydrogen-bond acceptors (Lipinski definition) is 5. The van der Waals surface area contributed by atoms with Gasteiger partial charge in [0.2, 0.25) is 10.0 Å². The van der Waals surface area contributed by atoms with Gasteiger partial charge in [-0.15, -0.1) is 0 Å². The summed E-state index contributed by atoms with van der Waals surface area (Å²) >= 11 is 0. The number of hydrogen-bond donors (Lipinski definition) is 2. The zero-order valence-electron chi connectivity index (χ0n) is 20.6. The maximum absolute atomic E-state index is 13.5. The average Bonchev–Trinajstić information content (AvgIpc) is 3.52. The number of rotatable bonds is 7. The molecule has 0 bridgehead atoms. The van der Waals surface area contributed by atoms with Gasteiger partial charge in [0.05, 0.1) is 17.5 Å². The van der Waals surface area contributed by atoms with Crippen molar-refractivity contribution in [3.63, 3.8) is 0 Å². The van der Waals surface area contributed by atoms with Gasteiger partial charge in [-0.3, -0.25) is 9.52 Å². The second-order valence-electron chi connectivity index (χ2n) is 10.1. The SMILES string of the molecule is Cc1ccc(N2CC(N(C)C)C2)cc1C(=O)NC1(c2cccc3c(NS(C)(=O)=O)cccc23)CC1. The van der Waals surface area contributed by atoms with E-state index in [0.717, 1.165) is 59.8 Å². The fraction of sp³-hybridized carbons (Fsp3) is 0.370. The van der Waals surface area contributed by atoms with Crippen LogP contribution in [0.5, 0.6) is 0 Å². The van der Waals surface area contributed by atoms with Gasteiger partial charge >= 0.3 is 0 Å². The van der Waals surface area contributed by atoms with E-state index in [0.29, 0.717) is 17.3 Å². The largest absolute Gasteiger partial charge is 0.368 e. The number of likely N-dealkylation sites (N-methyl/N-ethyl adjacent to an activating group) is 1. The van der Waals surface area contributed by atoms with Crippen LogP contribution in [0.4, 0.5) is 11.4 Å². The number of anilines is 2. The van der Waals surface area contributed by atoms with Crippen LogP contribution in [0.1, 0.15) is 34.3 Å². The Labute approximate surface area is 207 Å². The van der Waals surface area contributed by atoms with Gasteiger partial charge in [0, 0.05) is 35.8 Å². The van der Waals surface area contributed by atoms with Gasteiger partial charge in [0.1, 0.15) is 0 Å². The molecule has 2 aliphatic rings. The van der Waals surface area contributed by atoms with Gasteiger partial charge in [0.15, 0.2) is 0 Å². The Morgan fingerprint density at radius 2 is 1.71 bits per heavy atom. The van der Waals surface area contributed by atoms with Crippen LogP contribution in [-0.4, -0.2) is 58.7 Å². The Morgan fingerprint density at radius 1 is 1.03 bits per heavy atom. The van der Waals surface area contributed by atoms with Crippen LogP contribution in [0.3, 0.4) is 0 Å². The molecule has 0 unspecified atom stereocenters. The summed E-state index contributed by atoms with van der Waals surface area (Å²) in [4.78, 5) is 18.0. The van der Waals surface area contributed by atoms with Crippen LogP contribution < -0.4 is 14.9 Å². The van der Waals surface area contributed by atoms with Crippen molar-refractivity contribution >= 4 is 38.1 Å². The van der Waals surface area contributed by atoms with E-state index in [1.54, 1.807) is 6.07 Å². The Kier molecular flexibility index (Phi) is 5.76. The number of carbonyl (C=O) groups excluding carboxylic acids is 1. The van der Waals surface area contributed by atoms with Gasteiger partial charge in [-0.2, -0.15) is 0 Å². The summed E-state index contributed by atoms with van der Waals surface area (Å²) in [7, 11) is 0.787. The Balaban J connectivity index is 1.42.